The standard InChI is InChI=1S/C16H27BrN2/c1-4-10-16(13-18,11-5-2)19(3)12-14-8-6-7-9-15(14)17/h6-9H,4-5,10-13,18H2,1-3H3. The lowest BCUT2D eigenvalue weighted by Crippen LogP contribution is -2.51. The molecule has 2 N–H and O–H groups in total. The minimum atomic E-state index is 0.138. The summed E-state index contributed by atoms with van der Waals surface area (Å²) in [5, 5.41) is 0. The van der Waals surface area contributed by atoms with Crippen LogP contribution in [0.5, 0.6) is 0 Å². The maximum atomic E-state index is 6.12. The van der Waals surface area contributed by atoms with Crippen LogP contribution in [0.15, 0.2) is 28.7 Å². The van der Waals surface area contributed by atoms with Crippen LogP contribution in [0.25, 0.3) is 0 Å². The van der Waals surface area contributed by atoms with E-state index in [0.717, 1.165) is 25.9 Å². The number of nitrogens with zero attached hydrogens (tertiary/aromatic N) is 1. The molecule has 0 saturated heterocycles. The molecule has 0 spiro atoms. The van der Waals surface area contributed by atoms with Crippen molar-refractivity contribution in [3.05, 3.63) is 34.3 Å². The maximum Gasteiger partial charge on any atom is 0.0332 e. The van der Waals surface area contributed by atoms with Gasteiger partial charge in [0.05, 0.1) is 0 Å². The van der Waals surface area contributed by atoms with E-state index < -0.39 is 0 Å². The number of hydrogen-bond donors (Lipinski definition) is 1. The Bertz CT molecular complexity index is 373. The highest BCUT2D eigenvalue weighted by atomic mass is 79.9. The van der Waals surface area contributed by atoms with Crippen molar-refractivity contribution < 1.29 is 0 Å². The quantitative estimate of drug-likeness (QED) is 0.776. The van der Waals surface area contributed by atoms with Gasteiger partial charge in [-0.3, -0.25) is 4.90 Å². The number of nitrogens with two attached hydrogens (primary N) is 1. The molecule has 0 unspecified atom stereocenters. The highest BCUT2D eigenvalue weighted by Crippen LogP contribution is 2.28. The molecule has 0 fully saturated rings. The van der Waals surface area contributed by atoms with Gasteiger partial charge in [-0.05, 0) is 31.5 Å². The number of benzene rings is 1. The smallest absolute Gasteiger partial charge is 0.0332 e. The molecule has 0 aliphatic heterocycles. The number of halogens is 1. The van der Waals surface area contributed by atoms with E-state index in [1.165, 1.54) is 22.9 Å². The highest BCUT2D eigenvalue weighted by molar-refractivity contribution is 9.10. The van der Waals surface area contributed by atoms with Gasteiger partial charge >= 0.3 is 0 Å². The van der Waals surface area contributed by atoms with Gasteiger partial charge in [-0.25, -0.2) is 0 Å². The zero-order valence-corrected chi connectivity index (χ0v) is 14.0. The summed E-state index contributed by atoms with van der Waals surface area (Å²) in [5.41, 5.74) is 7.59. The predicted molar refractivity (Wildman–Crippen MR) is 87.2 cm³/mol. The summed E-state index contributed by atoms with van der Waals surface area (Å²) < 4.78 is 1.18. The summed E-state index contributed by atoms with van der Waals surface area (Å²) in [6, 6.07) is 8.44. The van der Waals surface area contributed by atoms with E-state index in [0.29, 0.717) is 0 Å². The molecule has 0 saturated carbocycles. The first-order valence-corrected chi connectivity index (χ1v) is 8.03. The fourth-order valence-corrected chi connectivity index (χ4v) is 3.26. The van der Waals surface area contributed by atoms with Crippen molar-refractivity contribution in [2.45, 2.75) is 51.6 Å². The monoisotopic (exact) mass is 326 g/mol. The normalized spacial score (nSPS) is 12.1. The van der Waals surface area contributed by atoms with Crippen LogP contribution in [-0.4, -0.2) is 24.0 Å². The van der Waals surface area contributed by atoms with E-state index in [2.05, 4.69) is 66.0 Å². The second kappa shape index (κ2) is 8.03. The molecule has 19 heavy (non-hydrogen) atoms. The SMILES string of the molecule is CCCC(CN)(CCC)N(C)Cc1ccccc1Br. The fraction of sp³-hybridized carbons (Fsp3) is 0.625. The second-order valence-corrected chi connectivity index (χ2v) is 6.23. The molecule has 0 aliphatic rings. The average Bonchev–Trinajstić information content (AvgIpc) is 2.41. The van der Waals surface area contributed by atoms with Gasteiger partial charge in [0.25, 0.3) is 0 Å². The van der Waals surface area contributed by atoms with E-state index in [9.17, 15) is 0 Å². The molecular formula is C16H27BrN2. The first kappa shape index (κ1) is 16.7. The van der Waals surface area contributed by atoms with Gasteiger partial charge in [-0.2, -0.15) is 0 Å². The molecule has 1 aromatic rings. The Balaban J connectivity index is 2.87. The zero-order chi connectivity index (χ0) is 14.3. The first-order valence-electron chi connectivity index (χ1n) is 7.24. The minimum Gasteiger partial charge on any atom is -0.329 e. The number of likely N-dealkylation sites (N-methyl/N-ethyl adjacent to an activating group) is 1. The Morgan fingerprint density at radius 3 is 2.21 bits per heavy atom. The van der Waals surface area contributed by atoms with Gasteiger partial charge in [0.2, 0.25) is 0 Å². The molecular weight excluding hydrogens is 300 g/mol. The third-order valence-electron chi connectivity index (χ3n) is 3.99. The van der Waals surface area contributed by atoms with Gasteiger partial charge in [0.15, 0.2) is 0 Å². The zero-order valence-electron chi connectivity index (χ0n) is 12.5. The highest BCUT2D eigenvalue weighted by Gasteiger charge is 2.31. The molecule has 1 rings (SSSR count). The van der Waals surface area contributed by atoms with Crippen LogP contribution in [0.4, 0.5) is 0 Å². The van der Waals surface area contributed by atoms with Crippen LogP contribution < -0.4 is 5.73 Å². The van der Waals surface area contributed by atoms with Crippen molar-refractivity contribution in [3.63, 3.8) is 0 Å². The fourth-order valence-electron chi connectivity index (χ4n) is 2.85. The van der Waals surface area contributed by atoms with Crippen LogP contribution in [-0.2, 0) is 6.54 Å². The number of hydrogen-bond acceptors (Lipinski definition) is 2. The molecule has 0 atom stereocenters. The third kappa shape index (κ3) is 4.30. The second-order valence-electron chi connectivity index (χ2n) is 5.38. The van der Waals surface area contributed by atoms with Crippen molar-refractivity contribution in [1.82, 2.24) is 4.90 Å². The summed E-state index contributed by atoms with van der Waals surface area (Å²) in [6.07, 6.45) is 4.69. The van der Waals surface area contributed by atoms with Gasteiger partial charge in [-0.1, -0.05) is 60.8 Å². The van der Waals surface area contributed by atoms with E-state index in [-0.39, 0.29) is 5.54 Å². The lowest BCUT2D eigenvalue weighted by molar-refractivity contribution is 0.0953. The Labute approximate surface area is 126 Å². The van der Waals surface area contributed by atoms with Crippen LogP contribution in [0.1, 0.15) is 45.1 Å². The molecule has 108 valence electrons. The van der Waals surface area contributed by atoms with E-state index in [4.69, 9.17) is 5.73 Å². The van der Waals surface area contributed by atoms with Crippen LogP contribution in [0.2, 0.25) is 0 Å². The maximum absolute atomic E-state index is 6.12. The largest absolute Gasteiger partial charge is 0.329 e. The average molecular weight is 327 g/mol. The molecule has 1 aromatic carbocycles. The van der Waals surface area contributed by atoms with Crippen LogP contribution in [0, 0.1) is 0 Å². The molecule has 0 heterocycles. The van der Waals surface area contributed by atoms with Crippen LogP contribution in [0.3, 0.4) is 0 Å². The van der Waals surface area contributed by atoms with Gasteiger partial charge in [0.1, 0.15) is 0 Å². The molecule has 0 amide bonds. The lowest BCUT2D eigenvalue weighted by Gasteiger charge is -2.41. The lowest BCUT2D eigenvalue weighted by atomic mass is 9.86. The third-order valence-corrected chi connectivity index (χ3v) is 4.76. The summed E-state index contributed by atoms with van der Waals surface area (Å²) >= 11 is 3.63. The van der Waals surface area contributed by atoms with Gasteiger partial charge in [0, 0.05) is 23.1 Å². The molecule has 0 radical (unpaired) electrons. The molecule has 3 heteroatoms. The van der Waals surface area contributed by atoms with Gasteiger partial charge in [-0.15, -0.1) is 0 Å². The first-order chi connectivity index (χ1) is 9.09. The van der Waals surface area contributed by atoms with Crippen molar-refractivity contribution in [1.29, 1.82) is 0 Å². The van der Waals surface area contributed by atoms with Crippen molar-refractivity contribution in [2.24, 2.45) is 5.73 Å². The van der Waals surface area contributed by atoms with Gasteiger partial charge < -0.3 is 5.73 Å². The Morgan fingerprint density at radius 2 is 1.74 bits per heavy atom. The molecule has 2 nitrogen and oxygen atoms in total. The molecule has 0 aromatic heterocycles. The van der Waals surface area contributed by atoms with Crippen LogP contribution >= 0.6 is 15.9 Å². The topological polar surface area (TPSA) is 29.3 Å². The number of rotatable bonds is 8. The Morgan fingerprint density at radius 1 is 1.16 bits per heavy atom. The Kier molecular flexibility index (Phi) is 7.05. The Hall–Kier alpha value is -0.380. The molecule has 0 aliphatic carbocycles. The summed E-state index contributed by atoms with van der Waals surface area (Å²) in [7, 11) is 2.21. The van der Waals surface area contributed by atoms with E-state index in [1.807, 2.05) is 0 Å². The van der Waals surface area contributed by atoms with Crippen molar-refractivity contribution >= 4 is 15.9 Å². The van der Waals surface area contributed by atoms with Crippen molar-refractivity contribution in [2.75, 3.05) is 13.6 Å². The summed E-state index contributed by atoms with van der Waals surface area (Å²) in [4.78, 5) is 2.44. The summed E-state index contributed by atoms with van der Waals surface area (Å²) in [6.45, 7) is 6.16. The van der Waals surface area contributed by atoms with E-state index >= 15 is 0 Å². The van der Waals surface area contributed by atoms with Crippen molar-refractivity contribution in [3.8, 4) is 0 Å². The summed E-state index contributed by atoms with van der Waals surface area (Å²) in [5.74, 6) is 0. The van der Waals surface area contributed by atoms with E-state index in [1.54, 1.807) is 0 Å². The predicted octanol–water partition coefficient (Wildman–Crippen LogP) is 4.18. The minimum absolute atomic E-state index is 0.138. The molecule has 0 bridgehead atoms.